The lowest BCUT2D eigenvalue weighted by Crippen LogP contribution is -2.41. The van der Waals surface area contributed by atoms with Crippen LogP contribution >= 0.6 is 0 Å². The van der Waals surface area contributed by atoms with Crippen molar-refractivity contribution in [3.63, 3.8) is 0 Å². The maximum Gasteiger partial charge on any atom is 0.224 e. The van der Waals surface area contributed by atoms with Gasteiger partial charge in [0, 0.05) is 19.0 Å². The molecule has 1 amide bonds. The van der Waals surface area contributed by atoms with Crippen molar-refractivity contribution in [3.8, 4) is 0 Å². The Hall–Kier alpha value is -1.39. The van der Waals surface area contributed by atoms with Gasteiger partial charge in [0.1, 0.15) is 0 Å². The number of hydrogen-bond donors (Lipinski definition) is 2. The van der Waals surface area contributed by atoms with E-state index in [-0.39, 0.29) is 24.6 Å². The average Bonchev–Trinajstić information content (AvgIpc) is 2.67. The molecule has 92 valence electrons. The van der Waals surface area contributed by atoms with E-state index in [1.165, 1.54) is 0 Å². The van der Waals surface area contributed by atoms with Gasteiger partial charge < -0.3 is 15.7 Å². The predicted molar refractivity (Wildman–Crippen MR) is 65.3 cm³/mol. The number of likely N-dealkylation sites (tertiary alicyclic amines) is 1. The van der Waals surface area contributed by atoms with E-state index in [9.17, 15) is 9.90 Å². The van der Waals surface area contributed by atoms with Crippen LogP contribution in [0.2, 0.25) is 0 Å². The van der Waals surface area contributed by atoms with Crippen molar-refractivity contribution in [2.75, 3.05) is 13.2 Å². The van der Waals surface area contributed by atoms with Crippen LogP contribution in [0.5, 0.6) is 0 Å². The number of aliphatic hydroxyl groups is 1. The molecule has 3 N–H and O–H groups in total. The first-order valence-corrected chi connectivity index (χ1v) is 5.90. The van der Waals surface area contributed by atoms with Crippen molar-refractivity contribution in [2.45, 2.75) is 24.9 Å². The van der Waals surface area contributed by atoms with Gasteiger partial charge in [0.2, 0.25) is 5.91 Å². The average molecular weight is 234 g/mol. The van der Waals surface area contributed by atoms with Crippen molar-refractivity contribution in [1.82, 2.24) is 4.90 Å². The Balaban J connectivity index is 2.04. The summed E-state index contributed by atoms with van der Waals surface area (Å²) in [4.78, 5) is 13.4. The van der Waals surface area contributed by atoms with Crippen LogP contribution < -0.4 is 5.73 Å². The van der Waals surface area contributed by atoms with Crippen LogP contribution in [0, 0.1) is 0 Å². The van der Waals surface area contributed by atoms with Crippen LogP contribution in [0.1, 0.15) is 12.0 Å². The molecule has 0 radical (unpaired) electrons. The highest BCUT2D eigenvalue weighted by Gasteiger charge is 2.32. The number of carbonyl (C=O) groups is 1. The van der Waals surface area contributed by atoms with Gasteiger partial charge in [-0.2, -0.15) is 0 Å². The third-order valence-electron chi connectivity index (χ3n) is 3.15. The Bertz CT molecular complexity index is 380. The van der Waals surface area contributed by atoms with Crippen LogP contribution in [0.25, 0.3) is 0 Å². The summed E-state index contributed by atoms with van der Waals surface area (Å²) in [5.74, 6) is 0.0486. The molecule has 1 aliphatic heterocycles. The van der Waals surface area contributed by atoms with Gasteiger partial charge in [-0.15, -0.1) is 0 Å². The second kappa shape index (κ2) is 5.29. The fourth-order valence-electron chi connectivity index (χ4n) is 2.27. The molecule has 4 heteroatoms. The Morgan fingerprint density at radius 2 is 2.12 bits per heavy atom. The number of amides is 1. The van der Waals surface area contributed by atoms with E-state index in [1.807, 2.05) is 30.3 Å². The standard InChI is InChI=1S/C13H18N2O2/c14-11-7-13(17)15(8-11)12(9-16)6-10-4-2-1-3-5-10/h1-5,11-12,16H,6-9,14H2/t11?,12-/m0/s1. The van der Waals surface area contributed by atoms with E-state index in [0.29, 0.717) is 19.4 Å². The molecule has 1 fully saturated rings. The zero-order valence-corrected chi connectivity index (χ0v) is 9.75. The smallest absolute Gasteiger partial charge is 0.224 e. The number of hydrogen-bond acceptors (Lipinski definition) is 3. The quantitative estimate of drug-likeness (QED) is 0.779. The normalized spacial score (nSPS) is 21.9. The number of carbonyl (C=O) groups excluding carboxylic acids is 1. The zero-order valence-electron chi connectivity index (χ0n) is 9.75. The minimum atomic E-state index is -0.154. The minimum absolute atomic E-state index is 0.0205. The van der Waals surface area contributed by atoms with Crippen LogP contribution in [0.4, 0.5) is 0 Å². The summed E-state index contributed by atoms with van der Waals surface area (Å²) in [6, 6.07) is 9.63. The highest BCUT2D eigenvalue weighted by atomic mass is 16.3. The Kier molecular flexibility index (Phi) is 3.76. The van der Waals surface area contributed by atoms with Gasteiger partial charge in [0.05, 0.1) is 12.6 Å². The molecule has 2 atom stereocenters. The van der Waals surface area contributed by atoms with Gasteiger partial charge >= 0.3 is 0 Å². The predicted octanol–water partition coefficient (Wildman–Crippen LogP) is 0.150. The van der Waals surface area contributed by atoms with Crippen molar-refractivity contribution >= 4 is 5.91 Å². The van der Waals surface area contributed by atoms with Gasteiger partial charge in [-0.05, 0) is 12.0 Å². The summed E-state index contributed by atoms with van der Waals surface area (Å²) in [6.45, 7) is 0.532. The molecule has 0 saturated carbocycles. The lowest BCUT2D eigenvalue weighted by atomic mass is 10.1. The Morgan fingerprint density at radius 1 is 1.41 bits per heavy atom. The van der Waals surface area contributed by atoms with Crippen molar-refractivity contribution < 1.29 is 9.90 Å². The summed E-state index contributed by atoms with van der Waals surface area (Å²) in [7, 11) is 0. The van der Waals surface area contributed by atoms with Gasteiger partial charge in [-0.1, -0.05) is 30.3 Å². The molecule has 1 aromatic rings. The van der Waals surface area contributed by atoms with Gasteiger partial charge in [0.15, 0.2) is 0 Å². The molecule has 0 spiro atoms. The first-order valence-electron chi connectivity index (χ1n) is 5.90. The Morgan fingerprint density at radius 3 is 2.65 bits per heavy atom. The fourth-order valence-corrected chi connectivity index (χ4v) is 2.27. The number of rotatable bonds is 4. The van der Waals surface area contributed by atoms with Crippen LogP contribution in [-0.4, -0.2) is 41.1 Å². The minimum Gasteiger partial charge on any atom is -0.394 e. The molecule has 1 heterocycles. The van der Waals surface area contributed by atoms with E-state index in [2.05, 4.69) is 0 Å². The van der Waals surface area contributed by atoms with E-state index < -0.39 is 0 Å². The highest BCUT2D eigenvalue weighted by Crippen LogP contribution is 2.16. The molecule has 1 unspecified atom stereocenters. The van der Waals surface area contributed by atoms with Crippen LogP contribution in [0.3, 0.4) is 0 Å². The summed E-state index contributed by atoms with van der Waals surface area (Å²) in [6.07, 6.45) is 1.07. The number of nitrogens with two attached hydrogens (primary N) is 1. The second-order valence-corrected chi connectivity index (χ2v) is 4.54. The number of benzene rings is 1. The maximum atomic E-state index is 11.7. The first kappa shape index (κ1) is 12.1. The summed E-state index contributed by atoms with van der Waals surface area (Å²) >= 11 is 0. The second-order valence-electron chi connectivity index (χ2n) is 4.54. The van der Waals surface area contributed by atoms with E-state index >= 15 is 0 Å². The molecular formula is C13H18N2O2. The molecule has 1 aliphatic rings. The Labute approximate surface area is 101 Å². The van der Waals surface area contributed by atoms with Crippen molar-refractivity contribution in [1.29, 1.82) is 0 Å². The van der Waals surface area contributed by atoms with Gasteiger partial charge in [0.25, 0.3) is 0 Å². The van der Waals surface area contributed by atoms with Gasteiger partial charge in [-0.3, -0.25) is 4.79 Å². The van der Waals surface area contributed by atoms with Crippen molar-refractivity contribution in [3.05, 3.63) is 35.9 Å². The van der Waals surface area contributed by atoms with Gasteiger partial charge in [-0.25, -0.2) is 0 Å². The number of nitrogens with zero attached hydrogens (tertiary/aromatic N) is 1. The molecule has 1 aromatic carbocycles. The van der Waals surface area contributed by atoms with Crippen LogP contribution in [-0.2, 0) is 11.2 Å². The summed E-state index contributed by atoms with van der Waals surface area (Å²) in [5.41, 5.74) is 6.88. The molecule has 0 aromatic heterocycles. The summed E-state index contributed by atoms with van der Waals surface area (Å²) in [5, 5.41) is 9.42. The molecular weight excluding hydrogens is 216 g/mol. The van der Waals surface area contributed by atoms with Crippen molar-refractivity contribution in [2.24, 2.45) is 5.73 Å². The SMILES string of the molecule is NC1CC(=O)N([C@H](CO)Cc2ccccc2)C1. The first-order chi connectivity index (χ1) is 8.20. The fraction of sp³-hybridized carbons (Fsp3) is 0.462. The molecule has 4 nitrogen and oxygen atoms in total. The third kappa shape index (κ3) is 2.84. The van der Waals surface area contributed by atoms with E-state index in [1.54, 1.807) is 4.90 Å². The molecule has 17 heavy (non-hydrogen) atoms. The summed E-state index contributed by atoms with van der Waals surface area (Å²) < 4.78 is 0. The third-order valence-corrected chi connectivity index (χ3v) is 3.15. The van der Waals surface area contributed by atoms with Crippen LogP contribution in [0.15, 0.2) is 30.3 Å². The van der Waals surface area contributed by atoms with E-state index in [0.717, 1.165) is 5.56 Å². The molecule has 0 aliphatic carbocycles. The number of aliphatic hydroxyl groups excluding tert-OH is 1. The topological polar surface area (TPSA) is 66.6 Å². The highest BCUT2D eigenvalue weighted by molar-refractivity contribution is 5.79. The largest absolute Gasteiger partial charge is 0.394 e. The monoisotopic (exact) mass is 234 g/mol. The maximum absolute atomic E-state index is 11.7. The molecule has 2 rings (SSSR count). The van der Waals surface area contributed by atoms with E-state index in [4.69, 9.17) is 5.73 Å². The zero-order chi connectivity index (χ0) is 12.3. The molecule has 1 saturated heterocycles. The lowest BCUT2D eigenvalue weighted by Gasteiger charge is -2.26. The molecule has 0 bridgehead atoms. The lowest BCUT2D eigenvalue weighted by molar-refractivity contribution is -0.130.